The fraction of sp³-hybridized carbons (Fsp3) is 0.429. The van der Waals surface area contributed by atoms with E-state index in [4.69, 9.17) is 0 Å². The van der Waals surface area contributed by atoms with E-state index in [0.29, 0.717) is 5.92 Å². The molecular formula is C14H17IN4. The third-order valence-corrected chi connectivity index (χ3v) is 3.19. The highest BCUT2D eigenvalue weighted by Gasteiger charge is 2.06. The second kappa shape index (κ2) is 6.87. The van der Waals surface area contributed by atoms with Crippen LogP contribution in [0.5, 0.6) is 0 Å². The van der Waals surface area contributed by atoms with Gasteiger partial charge in [-0.25, -0.2) is 12.6 Å². The van der Waals surface area contributed by atoms with Crippen molar-refractivity contribution < 1.29 is 0 Å². The van der Waals surface area contributed by atoms with Gasteiger partial charge in [0, 0.05) is 41.5 Å². The molecular weight excluding hydrogens is 351 g/mol. The minimum absolute atomic E-state index is 0.390. The number of hydrogen-bond acceptors (Lipinski definition) is 3. The summed E-state index contributed by atoms with van der Waals surface area (Å²) in [6.07, 6.45) is 5.80. The molecule has 5 heteroatoms. The fourth-order valence-corrected chi connectivity index (χ4v) is 2.43. The van der Waals surface area contributed by atoms with E-state index in [2.05, 4.69) is 61.9 Å². The Bertz CT molecular complexity index is 594. The first-order valence-corrected chi connectivity index (χ1v) is 7.34. The van der Waals surface area contributed by atoms with Crippen molar-refractivity contribution in [1.29, 1.82) is 0 Å². The molecule has 19 heavy (non-hydrogen) atoms. The smallest absolute Gasteiger partial charge is 0.154 e. The Labute approximate surface area is 127 Å². The van der Waals surface area contributed by atoms with Crippen LogP contribution in [0.3, 0.4) is 0 Å². The lowest BCUT2D eigenvalue weighted by Gasteiger charge is -2.13. The predicted octanol–water partition coefficient (Wildman–Crippen LogP) is 2.78. The van der Waals surface area contributed by atoms with E-state index < -0.39 is 0 Å². The lowest BCUT2D eigenvalue weighted by molar-refractivity contribution is 0.481. The van der Waals surface area contributed by atoms with E-state index in [0.717, 1.165) is 30.7 Å². The molecule has 0 aliphatic carbocycles. The SMILES string of the molecule is CCCC(C#Cc1cnc2cccnn12)CN(C)I. The van der Waals surface area contributed by atoms with Crippen molar-refractivity contribution >= 4 is 28.5 Å². The largest absolute Gasteiger partial charge is 0.249 e. The number of fused-ring (bicyclic) bond motifs is 1. The van der Waals surface area contributed by atoms with E-state index >= 15 is 0 Å². The summed E-state index contributed by atoms with van der Waals surface area (Å²) in [6, 6.07) is 3.81. The molecule has 0 radical (unpaired) electrons. The summed E-state index contributed by atoms with van der Waals surface area (Å²) in [5.41, 5.74) is 1.69. The second-order valence-electron chi connectivity index (χ2n) is 4.48. The van der Waals surface area contributed by atoms with Gasteiger partial charge in [-0.05, 0) is 31.5 Å². The Morgan fingerprint density at radius 1 is 1.53 bits per heavy atom. The molecule has 0 bridgehead atoms. The van der Waals surface area contributed by atoms with Crippen molar-refractivity contribution in [3.8, 4) is 11.8 Å². The Morgan fingerprint density at radius 3 is 3.11 bits per heavy atom. The molecule has 2 aromatic rings. The molecule has 0 aliphatic heterocycles. The van der Waals surface area contributed by atoms with Crippen LogP contribution in [0.25, 0.3) is 5.65 Å². The van der Waals surface area contributed by atoms with Crippen LogP contribution in [0.15, 0.2) is 24.5 Å². The third kappa shape index (κ3) is 3.91. The molecule has 0 amide bonds. The van der Waals surface area contributed by atoms with E-state index in [1.54, 1.807) is 16.9 Å². The van der Waals surface area contributed by atoms with Crippen molar-refractivity contribution in [1.82, 2.24) is 17.7 Å². The molecule has 0 aliphatic rings. The highest BCUT2D eigenvalue weighted by Crippen LogP contribution is 2.10. The van der Waals surface area contributed by atoms with Crippen LogP contribution >= 0.6 is 22.9 Å². The average Bonchev–Trinajstić information content (AvgIpc) is 2.79. The van der Waals surface area contributed by atoms with Crippen LogP contribution < -0.4 is 0 Å². The Balaban J connectivity index is 2.21. The Kier molecular flexibility index (Phi) is 5.16. The van der Waals surface area contributed by atoms with Crippen LogP contribution in [-0.2, 0) is 0 Å². The zero-order valence-corrected chi connectivity index (χ0v) is 13.3. The number of rotatable bonds is 4. The lowest BCUT2D eigenvalue weighted by Crippen LogP contribution is -2.15. The van der Waals surface area contributed by atoms with Crippen LogP contribution in [0.2, 0.25) is 0 Å². The molecule has 1 atom stereocenters. The van der Waals surface area contributed by atoms with E-state index in [1.807, 2.05) is 12.1 Å². The number of nitrogens with zero attached hydrogens (tertiary/aromatic N) is 4. The maximum absolute atomic E-state index is 4.29. The predicted molar refractivity (Wildman–Crippen MR) is 84.9 cm³/mol. The number of imidazole rings is 1. The van der Waals surface area contributed by atoms with Crippen LogP contribution in [0.1, 0.15) is 25.5 Å². The highest BCUT2D eigenvalue weighted by molar-refractivity contribution is 14.1. The monoisotopic (exact) mass is 368 g/mol. The van der Waals surface area contributed by atoms with E-state index in [-0.39, 0.29) is 0 Å². The van der Waals surface area contributed by atoms with Gasteiger partial charge in [-0.1, -0.05) is 19.3 Å². The average molecular weight is 368 g/mol. The molecule has 1 unspecified atom stereocenters. The summed E-state index contributed by atoms with van der Waals surface area (Å²) < 4.78 is 3.93. The van der Waals surface area contributed by atoms with Crippen LogP contribution in [0.4, 0.5) is 0 Å². The van der Waals surface area contributed by atoms with Gasteiger partial charge in [0.1, 0.15) is 5.69 Å². The molecule has 4 nitrogen and oxygen atoms in total. The minimum atomic E-state index is 0.390. The van der Waals surface area contributed by atoms with Crippen molar-refractivity contribution in [2.24, 2.45) is 5.92 Å². The van der Waals surface area contributed by atoms with Gasteiger partial charge in [-0.3, -0.25) is 0 Å². The summed E-state index contributed by atoms with van der Waals surface area (Å²) in [7, 11) is 2.07. The first kappa shape index (κ1) is 14.3. The maximum atomic E-state index is 4.29. The molecule has 100 valence electrons. The van der Waals surface area contributed by atoms with Gasteiger partial charge in [-0.15, -0.1) is 0 Å². The molecule has 0 N–H and O–H groups in total. The standard InChI is InChI=1S/C14H17IN4/c1-3-5-12(11-18(2)15)7-8-13-10-16-14-6-4-9-17-19(13)14/h4,6,9-10,12H,3,5,11H2,1-2H3. The van der Waals surface area contributed by atoms with E-state index in [9.17, 15) is 0 Å². The number of halogens is 1. The molecule has 0 saturated carbocycles. The van der Waals surface area contributed by atoms with Crippen LogP contribution in [0, 0.1) is 17.8 Å². The summed E-state index contributed by atoms with van der Waals surface area (Å²) in [5.74, 6) is 6.96. The third-order valence-electron chi connectivity index (χ3n) is 2.79. The molecule has 0 saturated heterocycles. The van der Waals surface area contributed by atoms with Gasteiger partial charge < -0.3 is 0 Å². The van der Waals surface area contributed by atoms with Gasteiger partial charge >= 0.3 is 0 Å². The van der Waals surface area contributed by atoms with Crippen molar-refractivity contribution in [2.75, 3.05) is 13.6 Å². The van der Waals surface area contributed by atoms with Gasteiger partial charge in [0.25, 0.3) is 0 Å². The topological polar surface area (TPSA) is 33.4 Å². The summed E-state index contributed by atoms with van der Waals surface area (Å²) in [4.78, 5) is 4.29. The zero-order chi connectivity index (χ0) is 13.7. The fourth-order valence-electron chi connectivity index (χ4n) is 1.95. The number of hydrogen-bond donors (Lipinski definition) is 0. The summed E-state index contributed by atoms with van der Waals surface area (Å²) >= 11 is 2.30. The van der Waals surface area contributed by atoms with Crippen molar-refractivity contribution in [3.05, 3.63) is 30.2 Å². The van der Waals surface area contributed by atoms with Crippen LogP contribution in [-0.4, -0.2) is 31.3 Å². The van der Waals surface area contributed by atoms with Gasteiger partial charge in [0.15, 0.2) is 5.65 Å². The summed E-state index contributed by atoms with van der Waals surface area (Å²) in [5, 5.41) is 4.27. The normalized spacial score (nSPS) is 12.4. The van der Waals surface area contributed by atoms with Gasteiger partial charge in [0.2, 0.25) is 0 Å². The molecule has 0 fully saturated rings. The second-order valence-corrected chi connectivity index (χ2v) is 6.13. The van der Waals surface area contributed by atoms with E-state index in [1.165, 1.54) is 0 Å². The minimum Gasteiger partial charge on any atom is -0.249 e. The highest BCUT2D eigenvalue weighted by atomic mass is 127. The lowest BCUT2D eigenvalue weighted by atomic mass is 10.0. The first-order chi connectivity index (χ1) is 9.20. The van der Waals surface area contributed by atoms with Gasteiger partial charge in [-0.2, -0.15) is 5.10 Å². The summed E-state index contributed by atoms with van der Waals surface area (Å²) in [6.45, 7) is 3.17. The molecule has 0 spiro atoms. The first-order valence-electron chi connectivity index (χ1n) is 6.38. The number of aromatic nitrogens is 3. The molecule has 2 heterocycles. The quantitative estimate of drug-likeness (QED) is 0.473. The maximum Gasteiger partial charge on any atom is 0.154 e. The molecule has 0 aromatic carbocycles. The van der Waals surface area contributed by atoms with Crippen molar-refractivity contribution in [3.63, 3.8) is 0 Å². The zero-order valence-electron chi connectivity index (χ0n) is 11.2. The molecule has 2 rings (SSSR count). The van der Waals surface area contributed by atoms with Gasteiger partial charge in [0.05, 0.1) is 6.20 Å². The molecule has 2 aromatic heterocycles. The Morgan fingerprint density at radius 2 is 2.37 bits per heavy atom. The Hall–Kier alpha value is -1.13. The van der Waals surface area contributed by atoms with Crippen molar-refractivity contribution in [2.45, 2.75) is 19.8 Å².